The van der Waals surface area contributed by atoms with Gasteiger partial charge in [0.15, 0.2) is 0 Å². The molecule has 1 aliphatic rings. The first-order valence-corrected chi connectivity index (χ1v) is 8.01. The number of hydrogen-bond donors (Lipinski definition) is 1. The maximum Gasteiger partial charge on any atom is 0.255 e. The number of benzene rings is 2. The topological polar surface area (TPSA) is 71.4 Å². The minimum atomic E-state index is -0.473. The van der Waals surface area contributed by atoms with Crippen LogP contribution in [0.25, 0.3) is 0 Å². The maximum absolute atomic E-state index is 13.6. The molecule has 1 saturated heterocycles. The summed E-state index contributed by atoms with van der Waals surface area (Å²) in [4.78, 5) is 12.3. The molecule has 1 aliphatic heterocycles. The van der Waals surface area contributed by atoms with Crippen LogP contribution in [0.15, 0.2) is 42.5 Å². The van der Waals surface area contributed by atoms with Crippen molar-refractivity contribution in [2.24, 2.45) is 0 Å². The Bertz CT molecular complexity index is 793. The highest BCUT2D eigenvalue weighted by molar-refractivity contribution is 6.05. The van der Waals surface area contributed by atoms with Gasteiger partial charge in [0.25, 0.3) is 5.91 Å². The fourth-order valence-electron chi connectivity index (χ4n) is 2.57. The van der Waals surface area contributed by atoms with E-state index in [4.69, 9.17) is 14.7 Å². The fraction of sp³-hybridized carbons (Fsp3) is 0.263. The van der Waals surface area contributed by atoms with E-state index in [0.29, 0.717) is 23.5 Å². The molecule has 0 spiro atoms. The van der Waals surface area contributed by atoms with E-state index in [9.17, 15) is 9.18 Å². The van der Waals surface area contributed by atoms with Crippen molar-refractivity contribution in [3.63, 3.8) is 0 Å². The lowest BCUT2D eigenvalue weighted by Gasteiger charge is -2.15. The summed E-state index contributed by atoms with van der Waals surface area (Å²) in [5.41, 5.74) is 1.09. The summed E-state index contributed by atoms with van der Waals surface area (Å²) in [6, 6.07) is 12.2. The molecule has 2 aromatic rings. The molecule has 0 aliphatic carbocycles. The van der Waals surface area contributed by atoms with E-state index in [0.717, 1.165) is 19.4 Å². The van der Waals surface area contributed by atoms with Crippen molar-refractivity contribution < 1.29 is 18.7 Å². The zero-order valence-corrected chi connectivity index (χ0v) is 13.5. The molecule has 0 bridgehead atoms. The Hall–Kier alpha value is -2.91. The summed E-state index contributed by atoms with van der Waals surface area (Å²) in [6.45, 7) is 1.07. The van der Waals surface area contributed by atoms with Gasteiger partial charge in [-0.15, -0.1) is 0 Å². The molecule has 0 unspecified atom stereocenters. The summed E-state index contributed by atoms with van der Waals surface area (Å²) in [5.74, 6) is -0.490. The number of carbonyl (C=O) groups is 1. The predicted octanol–water partition coefficient (Wildman–Crippen LogP) is 3.51. The van der Waals surface area contributed by atoms with E-state index in [2.05, 4.69) is 5.32 Å². The first kappa shape index (κ1) is 16.9. The van der Waals surface area contributed by atoms with Gasteiger partial charge in [-0.25, -0.2) is 4.39 Å². The van der Waals surface area contributed by atoms with E-state index in [1.807, 2.05) is 6.07 Å². The van der Waals surface area contributed by atoms with Crippen LogP contribution in [0.3, 0.4) is 0 Å². The molecule has 6 heteroatoms. The van der Waals surface area contributed by atoms with Crippen LogP contribution in [0.4, 0.5) is 10.1 Å². The van der Waals surface area contributed by atoms with E-state index >= 15 is 0 Å². The quantitative estimate of drug-likeness (QED) is 0.904. The van der Waals surface area contributed by atoms with Gasteiger partial charge in [0.05, 0.1) is 23.4 Å². The molecule has 0 aromatic heterocycles. The van der Waals surface area contributed by atoms with Gasteiger partial charge in [-0.1, -0.05) is 0 Å². The van der Waals surface area contributed by atoms with Crippen LogP contribution in [0.2, 0.25) is 0 Å². The van der Waals surface area contributed by atoms with Gasteiger partial charge >= 0.3 is 0 Å². The van der Waals surface area contributed by atoms with Gasteiger partial charge in [0.1, 0.15) is 18.2 Å². The van der Waals surface area contributed by atoms with E-state index in [-0.39, 0.29) is 11.8 Å². The molecule has 0 saturated carbocycles. The van der Waals surface area contributed by atoms with E-state index in [1.54, 1.807) is 24.3 Å². The predicted molar refractivity (Wildman–Crippen MR) is 90.0 cm³/mol. The molecule has 1 N–H and O–H groups in total. The highest BCUT2D eigenvalue weighted by Crippen LogP contribution is 2.27. The summed E-state index contributed by atoms with van der Waals surface area (Å²) in [6.07, 6.45) is 1.94. The SMILES string of the molecule is N#Cc1ccc(C(=O)Nc2cc(F)ccc2OC[C@@H]2CCCO2)cc1. The molecule has 128 valence electrons. The molecule has 3 rings (SSSR count). The monoisotopic (exact) mass is 340 g/mol. The third-order valence-corrected chi connectivity index (χ3v) is 3.91. The third-order valence-electron chi connectivity index (χ3n) is 3.91. The van der Waals surface area contributed by atoms with Gasteiger partial charge in [0.2, 0.25) is 0 Å². The van der Waals surface area contributed by atoms with Crippen molar-refractivity contribution in [1.29, 1.82) is 5.26 Å². The van der Waals surface area contributed by atoms with Crippen LogP contribution >= 0.6 is 0 Å². The average molecular weight is 340 g/mol. The second kappa shape index (κ2) is 7.77. The summed E-state index contributed by atoms with van der Waals surface area (Å²) >= 11 is 0. The smallest absolute Gasteiger partial charge is 0.255 e. The summed E-state index contributed by atoms with van der Waals surface area (Å²) < 4.78 is 24.8. The van der Waals surface area contributed by atoms with Gasteiger partial charge in [-0.05, 0) is 49.2 Å². The molecule has 2 aromatic carbocycles. The van der Waals surface area contributed by atoms with Gasteiger partial charge < -0.3 is 14.8 Å². The number of anilines is 1. The van der Waals surface area contributed by atoms with Gasteiger partial charge in [-0.3, -0.25) is 4.79 Å². The molecular formula is C19H17FN2O3. The number of nitriles is 1. The molecule has 5 nitrogen and oxygen atoms in total. The second-order valence-corrected chi connectivity index (χ2v) is 5.73. The highest BCUT2D eigenvalue weighted by atomic mass is 19.1. The number of rotatable bonds is 5. The fourth-order valence-corrected chi connectivity index (χ4v) is 2.57. The van der Waals surface area contributed by atoms with Crippen LogP contribution in [0.1, 0.15) is 28.8 Å². The first-order valence-electron chi connectivity index (χ1n) is 8.01. The lowest BCUT2D eigenvalue weighted by Crippen LogP contribution is -2.18. The number of ether oxygens (including phenoxy) is 2. The highest BCUT2D eigenvalue weighted by Gasteiger charge is 2.18. The normalized spacial score (nSPS) is 16.2. The van der Waals surface area contributed by atoms with Crippen molar-refractivity contribution in [1.82, 2.24) is 0 Å². The summed E-state index contributed by atoms with van der Waals surface area (Å²) in [7, 11) is 0. The van der Waals surface area contributed by atoms with Crippen LogP contribution in [-0.2, 0) is 4.74 Å². The Morgan fingerprint density at radius 3 is 2.80 bits per heavy atom. The zero-order chi connectivity index (χ0) is 17.6. The van der Waals surface area contributed by atoms with Crippen molar-refractivity contribution in [2.45, 2.75) is 18.9 Å². The van der Waals surface area contributed by atoms with Crippen molar-refractivity contribution in [3.05, 3.63) is 59.4 Å². The number of nitrogens with zero attached hydrogens (tertiary/aromatic N) is 1. The summed E-state index contributed by atoms with van der Waals surface area (Å²) in [5, 5.41) is 11.5. The Balaban J connectivity index is 1.72. The minimum Gasteiger partial charge on any atom is -0.489 e. The third kappa shape index (κ3) is 4.34. The van der Waals surface area contributed by atoms with E-state index in [1.165, 1.54) is 18.2 Å². The molecule has 1 amide bonds. The van der Waals surface area contributed by atoms with Gasteiger partial charge in [-0.2, -0.15) is 5.26 Å². The van der Waals surface area contributed by atoms with Crippen LogP contribution < -0.4 is 10.1 Å². The van der Waals surface area contributed by atoms with Crippen molar-refractivity contribution in [3.8, 4) is 11.8 Å². The second-order valence-electron chi connectivity index (χ2n) is 5.73. The first-order chi connectivity index (χ1) is 12.2. The number of amides is 1. The van der Waals surface area contributed by atoms with E-state index < -0.39 is 11.7 Å². The van der Waals surface area contributed by atoms with Gasteiger partial charge in [0, 0.05) is 18.2 Å². The minimum absolute atomic E-state index is 0.0205. The zero-order valence-electron chi connectivity index (χ0n) is 13.5. The largest absolute Gasteiger partial charge is 0.489 e. The Morgan fingerprint density at radius 1 is 1.32 bits per heavy atom. The Morgan fingerprint density at radius 2 is 2.12 bits per heavy atom. The standard InChI is InChI=1S/C19H17FN2O3/c20-15-7-8-18(25-12-16-2-1-9-24-16)17(10-15)22-19(23)14-5-3-13(11-21)4-6-14/h3-8,10,16H,1-2,9,12H2,(H,22,23)/t16-/m0/s1. The number of hydrogen-bond acceptors (Lipinski definition) is 4. The molecule has 1 fully saturated rings. The Kier molecular flexibility index (Phi) is 5.26. The number of halogens is 1. The molecule has 25 heavy (non-hydrogen) atoms. The van der Waals surface area contributed by atoms with Crippen molar-refractivity contribution in [2.75, 3.05) is 18.5 Å². The molecule has 0 radical (unpaired) electrons. The van der Waals surface area contributed by atoms with Crippen LogP contribution in [-0.4, -0.2) is 25.2 Å². The van der Waals surface area contributed by atoms with Crippen molar-refractivity contribution >= 4 is 11.6 Å². The molecule has 1 atom stereocenters. The Labute approximate surface area is 145 Å². The molecular weight excluding hydrogens is 323 g/mol. The van der Waals surface area contributed by atoms with Crippen LogP contribution in [0.5, 0.6) is 5.75 Å². The number of carbonyl (C=O) groups excluding carboxylic acids is 1. The average Bonchev–Trinajstić information content (AvgIpc) is 3.14. The lowest BCUT2D eigenvalue weighted by atomic mass is 10.1. The molecule has 1 heterocycles. The number of nitrogens with one attached hydrogen (secondary N) is 1. The maximum atomic E-state index is 13.6. The van der Waals surface area contributed by atoms with Crippen LogP contribution in [0, 0.1) is 17.1 Å². The lowest BCUT2D eigenvalue weighted by molar-refractivity contribution is 0.0681.